The molecule has 0 spiro atoms. The Labute approximate surface area is 97.2 Å². The van der Waals surface area contributed by atoms with Crippen molar-refractivity contribution < 1.29 is 4.42 Å². The smallest absolute Gasteiger partial charge is 0.117 e. The van der Waals surface area contributed by atoms with Crippen LogP contribution in [0, 0.1) is 0 Å². The van der Waals surface area contributed by atoms with Gasteiger partial charge in [0.2, 0.25) is 0 Å². The largest absolute Gasteiger partial charge is 0.468 e. The second-order valence-electron chi connectivity index (χ2n) is 4.53. The van der Waals surface area contributed by atoms with Crippen LogP contribution in [0.2, 0.25) is 0 Å². The summed E-state index contributed by atoms with van der Waals surface area (Å²) in [5, 5.41) is 3.09. The number of rotatable bonds is 4. The van der Waals surface area contributed by atoms with Crippen LogP contribution in [0.3, 0.4) is 0 Å². The number of nitrogens with one attached hydrogen (secondary N) is 1. The predicted octanol–water partition coefficient (Wildman–Crippen LogP) is 0.746. The van der Waals surface area contributed by atoms with Crippen LogP contribution in [-0.2, 0) is 13.1 Å². The molecule has 0 bridgehead atoms. The minimum absolute atomic E-state index is 0.808. The maximum absolute atomic E-state index is 5.47. The van der Waals surface area contributed by atoms with Gasteiger partial charge in [0.25, 0.3) is 0 Å². The summed E-state index contributed by atoms with van der Waals surface area (Å²) in [6.07, 6.45) is 1.88. The molecule has 4 nitrogen and oxygen atoms in total. The summed E-state index contributed by atoms with van der Waals surface area (Å²) in [6, 6.07) is 2.15. The molecule has 0 aromatic carbocycles. The Hall–Kier alpha value is -0.840. The maximum atomic E-state index is 5.47. The number of hydrogen-bond donors (Lipinski definition) is 1. The topological polar surface area (TPSA) is 31.6 Å². The van der Waals surface area contributed by atoms with Crippen molar-refractivity contribution in [1.82, 2.24) is 15.1 Å². The first-order valence-electron chi connectivity index (χ1n) is 5.89. The van der Waals surface area contributed by atoms with Gasteiger partial charge in [-0.25, -0.2) is 0 Å². The summed E-state index contributed by atoms with van der Waals surface area (Å²) >= 11 is 0. The number of hydrogen-bond acceptors (Lipinski definition) is 4. The van der Waals surface area contributed by atoms with Gasteiger partial charge in [-0.05, 0) is 20.2 Å². The minimum Gasteiger partial charge on any atom is -0.468 e. The first-order chi connectivity index (χ1) is 7.78. The fraction of sp³-hybridized carbons (Fsp3) is 0.667. The first kappa shape index (κ1) is 11.6. The minimum atomic E-state index is 0.808. The molecule has 4 heteroatoms. The molecule has 0 aliphatic carbocycles. The Bertz CT molecular complexity index is 316. The lowest BCUT2D eigenvalue weighted by Gasteiger charge is -2.31. The molecule has 1 aromatic rings. The second-order valence-corrected chi connectivity index (χ2v) is 4.53. The molecule has 1 aliphatic heterocycles. The third-order valence-electron chi connectivity index (χ3n) is 3.06. The third-order valence-corrected chi connectivity index (χ3v) is 3.06. The molecule has 90 valence electrons. The normalized spacial score (nSPS) is 19.1. The Morgan fingerprint density at radius 1 is 1.31 bits per heavy atom. The lowest BCUT2D eigenvalue weighted by molar-refractivity contribution is 0.148. The highest BCUT2D eigenvalue weighted by Gasteiger charge is 2.14. The lowest BCUT2D eigenvalue weighted by atomic mass is 10.2. The predicted molar refractivity (Wildman–Crippen MR) is 64.2 cm³/mol. The average Bonchev–Trinajstić information content (AvgIpc) is 2.70. The number of piperazine rings is 1. The van der Waals surface area contributed by atoms with E-state index in [1.165, 1.54) is 18.7 Å². The van der Waals surface area contributed by atoms with E-state index in [1.54, 1.807) is 0 Å². The number of likely N-dealkylation sites (N-methyl/N-ethyl adjacent to an activating group) is 1. The highest BCUT2D eigenvalue weighted by Crippen LogP contribution is 2.11. The van der Waals surface area contributed by atoms with Crippen molar-refractivity contribution in [2.24, 2.45) is 0 Å². The number of nitrogens with zero attached hydrogens (tertiary/aromatic N) is 2. The van der Waals surface area contributed by atoms with E-state index in [2.05, 4.69) is 28.2 Å². The summed E-state index contributed by atoms with van der Waals surface area (Å²) in [6.45, 7) is 6.47. The van der Waals surface area contributed by atoms with E-state index in [0.717, 1.165) is 31.9 Å². The van der Waals surface area contributed by atoms with Crippen LogP contribution in [0.1, 0.15) is 11.3 Å². The van der Waals surface area contributed by atoms with Gasteiger partial charge in [0.15, 0.2) is 0 Å². The van der Waals surface area contributed by atoms with Crippen LogP contribution in [0.15, 0.2) is 16.7 Å². The lowest BCUT2D eigenvalue weighted by Crippen LogP contribution is -2.43. The zero-order valence-electron chi connectivity index (χ0n) is 10.2. The van der Waals surface area contributed by atoms with Crippen LogP contribution >= 0.6 is 0 Å². The molecule has 1 saturated heterocycles. The van der Waals surface area contributed by atoms with Gasteiger partial charge in [0.1, 0.15) is 5.76 Å². The maximum Gasteiger partial charge on any atom is 0.117 e. The molecule has 0 radical (unpaired) electrons. The molecular formula is C12H21N3O. The molecule has 1 fully saturated rings. The van der Waals surface area contributed by atoms with E-state index in [4.69, 9.17) is 4.42 Å². The quantitative estimate of drug-likeness (QED) is 0.816. The first-order valence-corrected chi connectivity index (χ1v) is 5.89. The van der Waals surface area contributed by atoms with Gasteiger partial charge in [-0.3, -0.25) is 4.90 Å². The fourth-order valence-corrected chi connectivity index (χ4v) is 2.04. The van der Waals surface area contributed by atoms with E-state index < -0.39 is 0 Å². The molecule has 1 aromatic heterocycles. The van der Waals surface area contributed by atoms with Crippen LogP contribution in [-0.4, -0.2) is 50.1 Å². The van der Waals surface area contributed by atoms with Crippen LogP contribution in [0.5, 0.6) is 0 Å². The summed E-state index contributed by atoms with van der Waals surface area (Å²) in [5.74, 6) is 1.02. The summed E-state index contributed by atoms with van der Waals surface area (Å²) in [7, 11) is 4.11. The third kappa shape index (κ3) is 3.07. The molecule has 0 amide bonds. The SMILES string of the molecule is CNCc1cc(CN2CCN(C)CC2)co1. The molecular weight excluding hydrogens is 202 g/mol. The number of furan rings is 1. The van der Waals surface area contributed by atoms with Crippen LogP contribution < -0.4 is 5.32 Å². The van der Waals surface area contributed by atoms with E-state index in [1.807, 2.05) is 13.3 Å². The van der Waals surface area contributed by atoms with Gasteiger partial charge in [0.05, 0.1) is 12.8 Å². The molecule has 0 atom stereocenters. The van der Waals surface area contributed by atoms with Gasteiger partial charge < -0.3 is 14.6 Å². The van der Waals surface area contributed by atoms with Gasteiger partial charge in [0, 0.05) is 38.3 Å². The van der Waals surface area contributed by atoms with Crippen LogP contribution in [0.4, 0.5) is 0 Å². The van der Waals surface area contributed by atoms with Crippen molar-refractivity contribution in [3.63, 3.8) is 0 Å². The standard InChI is InChI=1S/C12H21N3O/c1-13-8-12-7-11(10-16-12)9-15-5-3-14(2)4-6-15/h7,10,13H,3-6,8-9H2,1-2H3. The molecule has 1 N–H and O–H groups in total. The molecule has 0 saturated carbocycles. The van der Waals surface area contributed by atoms with Crippen molar-refractivity contribution in [2.75, 3.05) is 40.3 Å². The Morgan fingerprint density at radius 2 is 2.06 bits per heavy atom. The van der Waals surface area contributed by atoms with E-state index >= 15 is 0 Å². The molecule has 1 aliphatic rings. The molecule has 2 heterocycles. The summed E-state index contributed by atoms with van der Waals surface area (Å²) in [4.78, 5) is 4.85. The van der Waals surface area contributed by atoms with Crippen molar-refractivity contribution in [3.8, 4) is 0 Å². The fourth-order valence-electron chi connectivity index (χ4n) is 2.04. The second kappa shape index (κ2) is 5.48. The zero-order chi connectivity index (χ0) is 11.4. The molecule has 2 rings (SSSR count). The molecule has 16 heavy (non-hydrogen) atoms. The summed E-state index contributed by atoms with van der Waals surface area (Å²) < 4.78 is 5.47. The van der Waals surface area contributed by atoms with Crippen LogP contribution in [0.25, 0.3) is 0 Å². The monoisotopic (exact) mass is 223 g/mol. The van der Waals surface area contributed by atoms with Gasteiger partial charge in [-0.15, -0.1) is 0 Å². The zero-order valence-corrected chi connectivity index (χ0v) is 10.2. The van der Waals surface area contributed by atoms with Crippen molar-refractivity contribution in [2.45, 2.75) is 13.1 Å². The van der Waals surface area contributed by atoms with Crippen molar-refractivity contribution >= 4 is 0 Å². The Kier molecular flexibility index (Phi) is 3.98. The molecule has 0 unspecified atom stereocenters. The van der Waals surface area contributed by atoms with Crippen molar-refractivity contribution in [1.29, 1.82) is 0 Å². The van der Waals surface area contributed by atoms with Gasteiger partial charge >= 0.3 is 0 Å². The summed E-state index contributed by atoms with van der Waals surface area (Å²) in [5.41, 5.74) is 1.29. The highest BCUT2D eigenvalue weighted by molar-refractivity contribution is 5.12. The van der Waals surface area contributed by atoms with Gasteiger partial charge in [-0.2, -0.15) is 0 Å². The van der Waals surface area contributed by atoms with E-state index in [0.29, 0.717) is 0 Å². The highest BCUT2D eigenvalue weighted by atomic mass is 16.3. The Morgan fingerprint density at radius 3 is 2.75 bits per heavy atom. The average molecular weight is 223 g/mol. The Balaban J connectivity index is 1.83. The van der Waals surface area contributed by atoms with E-state index in [9.17, 15) is 0 Å². The van der Waals surface area contributed by atoms with Gasteiger partial charge in [-0.1, -0.05) is 0 Å². The van der Waals surface area contributed by atoms with E-state index in [-0.39, 0.29) is 0 Å². The van der Waals surface area contributed by atoms with Crippen molar-refractivity contribution in [3.05, 3.63) is 23.7 Å².